The van der Waals surface area contributed by atoms with E-state index in [2.05, 4.69) is 37.2 Å². The van der Waals surface area contributed by atoms with Crippen LogP contribution < -0.4 is 54.4 Å². The molecule has 23 nitrogen and oxygen atoms in total. The zero-order chi connectivity index (χ0) is 52.5. The molecule has 1 aromatic carbocycles. The van der Waals surface area contributed by atoms with Crippen molar-refractivity contribution < 1.29 is 57.8 Å². The van der Waals surface area contributed by atoms with Crippen LogP contribution in [0.2, 0.25) is 0 Å². The molecule has 0 saturated carbocycles. The Morgan fingerprint density at radius 2 is 1.46 bits per heavy atom. The average molecular weight is 1020 g/mol. The summed E-state index contributed by atoms with van der Waals surface area (Å²) in [6.45, 7) is 10.2. The molecule has 388 valence electrons. The molecule has 0 bridgehead atoms. The summed E-state index contributed by atoms with van der Waals surface area (Å²) in [4.78, 5) is 149. The van der Waals surface area contributed by atoms with E-state index in [1.807, 2.05) is 13.8 Å². The standard InChI is InChI=1S/C45H69N11O12S2/c1-7-24(4)37-43(67)51-27(14-15-33(46)58)39(63)52-30(19-34(47)59)40(64)54-31(44(68)56-16-8-9-32(56)42(66)53-28(17-23(2)3)38(62)49-21-35(48)60)22-69-70-45(5,6)20-36(61)50-29(41(65)55-37)18-25-10-12-26(57)13-11-25/h10-13,23-24,27-32,37,57H,7-9,14-22H2,1-6H3,(H2,46,58)(H2,47,59)(H2,48,60)(H,49,62)(H,50,61)(H,51,67)(H,52,63)(H,53,66)(H,54,64)(H,55,65)/t24-,27?,28-,29+,30-,31-,32-,37-/m0/s1. The SMILES string of the molecule is CC[C@H](C)[C@@H]1NC(=O)[C@@H](Cc2ccc(O)cc2)NC(=O)CC(C)(C)SSC[C@@H](C(=O)N2CCC[C@H]2C(=O)N[C@@H](CC(C)C)C(=O)NCC(N)=O)NC(=O)[C@H](CC(N)=O)NC(=O)C(CCC(N)=O)NC1=O. The van der Waals surface area contributed by atoms with E-state index in [-0.39, 0.29) is 56.1 Å². The molecule has 14 N–H and O–H groups in total. The Morgan fingerprint density at radius 1 is 0.829 bits per heavy atom. The minimum atomic E-state index is -1.74. The maximum atomic E-state index is 14.6. The molecule has 2 heterocycles. The molecule has 70 heavy (non-hydrogen) atoms. The van der Waals surface area contributed by atoms with Gasteiger partial charge in [-0.05, 0) is 69.1 Å². The van der Waals surface area contributed by atoms with Crippen LogP contribution in [0.1, 0.15) is 98.5 Å². The Bertz CT molecular complexity index is 2090. The third-order valence-corrected chi connectivity index (χ3v) is 14.8. The number of primary amides is 3. The number of rotatable bonds is 17. The molecule has 1 aromatic rings. The second-order valence-electron chi connectivity index (χ2n) is 18.6. The Labute approximate surface area is 414 Å². The van der Waals surface area contributed by atoms with Crippen LogP contribution in [0.3, 0.4) is 0 Å². The summed E-state index contributed by atoms with van der Waals surface area (Å²) in [6.07, 6.45) is -0.731. The number of carbonyl (C=O) groups excluding carboxylic acids is 11. The monoisotopic (exact) mass is 1020 g/mol. The van der Waals surface area contributed by atoms with Crippen molar-refractivity contribution in [3.05, 3.63) is 29.8 Å². The highest BCUT2D eigenvalue weighted by molar-refractivity contribution is 8.77. The van der Waals surface area contributed by atoms with Crippen molar-refractivity contribution >= 4 is 86.6 Å². The van der Waals surface area contributed by atoms with E-state index >= 15 is 0 Å². The first-order valence-electron chi connectivity index (χ1n) is 23.1. The summed E-state index contributed by atoms with van der Waals surface area (Å²) < 4.78 is -0.898. The largest absolute Gasteiger partial charge is 0.508 e. The third-order valence-electron chi connectivity index (χ3n) is 11.5. The highest BCUT2D eigenvalue weighted by Crippen LogP contribution is 2.39. The van der Waals surface area contributed by atoms with Crippen LogP contribution in [0, 0.1) is 11.8 Å². The zero-order valence-electron chi connectivity index (χ0n) is 40.4. The maximum Gasteiger partial charge on any atom is 0.246 e. The third kappa shape index (κ3) is 19.0. The van der Waals surface area contributed by atoms with E-state index in [1.54, 1.807) is 39.8 Å². The topological polar surface area (TPSA) is 374 Å². The van der Waals surface area contributed by atoms with Crippen molar-refractivity contribution in [1.29, 1.82) is 0 Å². The molecule has 11 amide bonds. The summed E-state index contributed by atoms with van der Waals surface area (Å²) in [5.41, 5.74) is 16.7. The van der Waals surface area contributed by atoms with Gasteiger partial charge < -0.3 is 64.4 Å². The number of hydrogen-bond donors (Lipinski definition) is 11. The number of phenolic OH excluding ortho intramolecular Hbond substituents is 1. The van der Waals surface area contributed by atoms with Gasteiger partial charge in [0.25, 0.3) is 0 Å². The lowest BCUT2D eigenvalue weighted by atomic mass is 9.96. The number of phenols is 1. The van der Waals surface area contributed by atoms with Gasteiger partial charge in [0.2, 0.25) is 65.0 Å². The molecule has 0 spiro atoms. The van der Waals surface area contributed by atoms with Crippen molar-refractivity contribution in [2.24, 2.45) is 29.0 Å². The molecule has 2 fully saturated rings. The van der Waals surface area contributed by atoms with Crippen LogP contribution in [0.25, 0.3) is 0 Å². The van der Waals surface area contributed by atoms with Gasteiger partial charge in [-0.25, -0.2) is 0 Å². The van der Waals surface area contributed by atoms with E-state index in [0.29, 0.717) is 18.4 Å². The minimum absolute atomic E-state index is 0.0285. The van der Waals surface area contributed by atoms with Gasteiger partial charge >= 0.3 is 0 Å². The van der Waals surface area contributed by atoms with Crippen molar-refractivity contribution in [2.75, 3.05) is 18.8 Å². The van der Waals surface area contributed by atoms with Crippen molar-refractivity contribution in [3.63, 3.8) is 0 Å². The van der Waals surface area contributed by atoms with E-state index in [4.69, 9.17) is 17.2 Å². The van der Waals surface area contributed by atoms with Crippen LogP contribution in [0.4, 0.5) is 0 Å². The Morgan fingerprint density at radius 3 is 2.06 bits per heavy atom. The molecular formula is C45H69N11O12S2. The van der Waals surface area contributed by atoms with Gasteiger partial charge in [0.1, 0.15) is 48.0 Å². The van der Waals surface area contributed by atoms with Crippen molar-refractivity contribution in [2.45, 2.75) is 146 Å². The summed E-state index contributed by atoms with van der Waals surface area (Å²) in [5, 5.41) is 28.0. The number of carbonyl (C=O) groups is 11. The molecule has 2 aliphatic heterocycles. The smallest absolute Gasteiger partial charge is 0.246 e. The number of nitrogens with two attached hydrogens (primary N) is 3. The first-order chi connectivity index (χ1) is 32.8. The average Bonchev–Trinajstić information content (AvgIpc) is 3.77. The van der Waals surface area contributed by atoms with Gasteiger partial charge in [-0.15, -0.1) is 0 Å². The summed E-state index contributed by atoms with van der Waals surface area (Å²) in [6, 6.07) is -3.53. The van der Waals surface area contributed by atoms with Gasteiger partial charge in [-0.3, -0.25) is 52.7 Å². The van der Waals surface area contributed by atoms with E-state index in [9.17, 15) is 57.8 Å². The summed E-state index contributed by atoms with van der Waals surface area (Å²) >= 11 is 0. The fourth-order valence-electron chi connectivity index (χ4n) is 7.67. The van der Waals surface area contributed by atoms with Crippen LogP contribution in [0.15, 0.2) is 24.3 Å². The minimum Gasteiger partial charge on any atom is -0.508 e. The van der Waals surface area contributed by atoms with Crippen molar-refractivity contribution in [1.82, 2.24) is 42.1 Å². The predicted molar refractivity (Wildman–Crippen MR) is 260 cm³/mol. The Hall–Kier alpha value is -6.11. The predicted octanol–water partition coefficient (Wildman–Crippen LogP) is -1.77. The molecule has 0 aromatic heterocycles. The number of hydrogen-bond acceptors (Lipinski definition) is 14. The second kappa shape index (κ2) is 27.3. The molecule has 0 aliphatic carbocycles. The molecule has 3 rings (SSSR count). The molecular weight excluding hydrogens is 951 g/mol. The highest BCUT2D eigenvalue weighted by atomic mass is 33.1. The molecule has 8 atom stereocenters. The molecule has 25 heteroatoms. The fourth-order valence-corrected chi connectivity index (χ4v) is 10.4. The number of benzene rings is 1. The lowest BCUT2D eigenvalue weighted by Crippen LogP contribution is -2.61. The fraction of sp³-hybridized carbons (Fsp3) is 0.622. The Balaban J connectivity index is 2.08. The lowest BCUT2D eigenvalue weighted by Gasteiger charge is -2.32. The number of likely N-dealkylation sites (tertiary alicyclic amines) is 1. The van der Waals surface area contributed by atoms with E-state index < -0.39 is 137 Å². The van der Waals surface area contributed by atoms with E-state index in [0.717, 1.165) is 10.8 Å². The van der Waals surface area contributed by atoms with Crippen molar-refractivity contribution in [3.8, 4) is 5.75 Å². The van der Waals surface area contributed by atoms with Gasteiger partial charge in [0, 0.05) is 36.3 Å². The highest BCUT2D eigenvalue weighted by Gasteiger charge is 2.41. The molecule has 2 aliphatic rings. The van der Waals surface area contributed by atoms with E-state index in [1.165, 1.54) is 27.8 Å². The van der Waals surface area contributed by atoms with Gasteiger partial charge in [0.15, 0.2) is 0 Å². The van der Waals surface area contributed by atoms with Crippen LogP contribution in [-0.2, 0) is 59.2 Å². The molecule has 0 radical (unpaired) electrons. The van der Waals surface area contributed by atoms with Crippen LogP contribution >= 0.6 is 21.6 Å². The van der Waals surface area contributed by atoms with Gasteiger partial charge in [0.05, 0.1) is 13.0 Å². The molecule has 2 saturated heterocycles. The zero-order valence-corrected chi connectivity index (χ0v) is 42.1. The number of nitrogens with one attached hydrogen (secondary N) is 7. The number of nitrogens with zero attached hydrogens (tertiary/aromatic N) is 1. The maximum absolute atomic E-state index is 14.6. The first kappa shape index (κ1) is 58.2. The first-order valence-corrected chi connectivity index (χ1v) is 25.4. The number of aromatic hydroxyl groups is 1. The van der Waals surface area contributed by atoms with Gasteiger partial charge in [-0.2, -0.15) is 0 Å². The van der Waals surface area contributed by atoms with Gasteiger partial charge in [-0.1, -0.05) is 67.8 Å². The quantitative estimate of drug-likeness (QED) is 0.0771. The second-order valence-corrected chi connectivity index (χ2v) is 21.6. The number of amides is 11. The summed E-state index contributed by atoms with van der Waals surface area (Å²) in [5.74, 6) is -9.83. The normalized spacial score (nSPS) is 23.8. The van der Waals surface area contributed by atoms with Crippen LogP contribution in [0.5, 0.6) is 5.75 Å². The van der Waals surface area contributed by atoms with Crippen LogP contribution in [-0.4, -0.2) is 141 Å². The Kier molecular flexibility index (Phi) is 22.7. The summed E-state index contributed by atoms with van der Waals surface area (Å²) in [7, 11) is 2.27. The lowest BCUT2D eigenvalue weighted by molar-refractivity contribution is -0.142. The molecule has 1 unspecified atom stereocenters.